The zero-order valence-electron chi connectivity index (χ0n) is 7.31. The molecule has 0 heterocycles. The van der Waals surface area contributed by atoms with E-state index in [4.69, 9.17) is 5.73 Å². The molecule has 12 heavy (non-hydrogen) atoms. The Kier molecular flexibility index (Phi) is 2.69. The van der Waals surface area contributed by atoms with Gasteiger partial charge in [0.1, 0.15) is 0 Å². The summed E-state index contributed by atoms with van der Waals surface area (Å²) in [7, 11) is 0. The number of hydrogen-bond acceptors (Lipinski definition) is 1. The van der Waals surface area contributed by atoms with Crippen molar-refractivity contribution in [1.29, 1.82) is 0 Å². The van der Waals surface area contributed by atoms with Crippen LogP contribution in [0.5, 0.6) is 0 Å². The van der Waals surface area contributed by atoms with E-state index in [9.17, 15) is 4.39 Å². The lowest BCUT2D eigenvalue weighted by Crippen LogP contribution is -2.54. The van der Waals surface area contributed by atoms with Crippen LogP contribution >= 0.6 is 12.4 Å². The fourth-order valence-corrected chi connectivity index (χ4v) is 2.86. The molecular formula is C9H17ClFN. The molecule has 2 saturated carbocycles. The summed E-state index contributed by atoms with van der Waals surface area (Å²) in [6.07, 6.45) is 6.14. The monoisotopic (exact) mass is 193 g/mol. The minimum absolute atomic E-state index is 0. The second-order valence-electron chi connectivity index (χ2n) is 4.54. The molecule has 0 radical (unpaired) electrons. The molecule has 0 unspecified atom stereocenters. The molecule has 1 nitrogen and oxygen atoms in total. The quantitative estimate of drug-likeness (QED) is 0.716. The van der Waals surface area contributed by atoms with Crippen LogP contribution in [0.1, 0.15) is 32.1 Å². The summed E-state index contributed by atoms with van der Waals surface area (Å²) in [4.78, 5) is 0. The topological polar surface area (TPSA) is 26.0 Å². The number of hydrogen-bond donors (Lipinski definition) is 1. The number of alkyl halides is 1. The maximum absolute atomic E-state index is 12.5. The van der Waals surface area contributed by atoms with Crippen molar-refractivity contribution in [3.8, 4) is 0 Å². The number of nitrogens with two attached hydrogens (primary N) is 1. The van der Waals surface area contributed by atoms with Gasteiger partial charge in [-0.25, -0.2) is 0 Å². The van der Waals surface area contributed by atoms with Gasteiger partial charge in [-0.15, -0.1) is 12.4 Å². The normalized spacial score (nSPS) is 28.5. The Morgan fingerprint density at radius 1 is 1.25 bits per heavy atom. The van der Waals surface area contributed by atoms with Crippen LogP contribution < -0.4 is 5.73 Å². The Bertz CT molecular complexity index is 154. The fourth-order valence-electron chi connectivity index (χ4n) is 2.86. The predicted octanol–water partition coefficient (Wildman–Crippen LogP) is 2.29. The van der Waals surface area contributed by atoms with Gasteiger partial charge in [-0.3, -0.25) is 4.39 Å². The summed E-state index contributed by atoms with van der Waals surface area (Å²) in [5, 5.41) is 0. The predicted molar refractivity (Wildman–Crippen MR) is 50.2 cm³/mol. The van der Waals surface area contributed by atoms with Gasteiger partial charge >= 0.3 is 0 Å². The van der Waals surface area contributed by atoms with E-state index in [1.807, 2.05) is 0 Å². The van der Waals surface area contributed by atoms with Crippen molar-refractivity contribution in [1.82, 2.24) is 0 Å². The third kappa shape index (κ3) is 1.25. The highest BCUT2D eigenvalue weighted by Crippen LogP contribution is 2.64. The third-order valence-corrected chi connectivity index (χ3v) is 3.63. The molecule has 1 spiro atoms. The lowest BCUT2D eigenvalue weighted by molar-refractivity contribution is -0.101. The van der Waals surface area contributed by atoms with E-state index < -0.39 is 0 Å². The molecule has 0 aromatic carbocycles. The maximum Gasteiger partial charge on any atom is 0.0963 e. The van der Waals surface area contributed by atoms with Crippen molar-refractivity contribution in [3.05, 3.63) is 0 Å². The molecule has 3 heteroatoms. The molecule has 0 saturated heterocycles. The second kappa shape index (κ2) is 3.15. The van der Waals surface area contributed by atoms with Crippen LogP contribution in [0.15, 0.2) is 0 Å². The van der Waals surface area contributed by atoms with Crippen LogP contribution in [0.25, 0.3) is 0 Å². The Morgan fingerprint density at radius 2 is 1.83 bits per heavy atom. The Morgan fingerprint density at radius 3 is 2.08 bits per heavy atom. The molecule has 2 aliphatic carbocycles. The van der Waals surface area contributed by atoms with E-state index in [-0.39, 0.29) is 24.5 Å². The standard InChI is InChI=1S/C9H16FN.ClH/c10-6-9(7-11)4-8(5-9)2-1-3-8;/h1-7,11H2;1H. The van der Waals surface area contributed by atoms with Gasteiger partial charge in [-0.2, -0.15) is 0 Å². The Hall–Kier alpha value is 0.180. The minimum Gasteiger partial charge on any atom is -0.330 e. The van der Waals surface area contributed by atoms with Crippen molar-refractivity contribution in [2.75, 3.05) is 13.2 Å². The average Bonchev–Trinajstić information content (AvgIpc) is 1.85. The largest absolute Gasteiger partial charge is 0.330 e. The second-order valence-corrected chi connectivity index (χ2v) is 4.54. The van der Waals surface area contributed by atoms with E-state index in [2.05, 4.69) is 0 Å². The molecule has 2 aliphatic rings. The van der Waals surface area contributed by atoms with Gasteiger partial charge in [-0.1, -0.05) is 6.42 Å². The number of rotatable bonds is 2. The smallest absolute Gasteiger partial charge is 0.0963 e. The maximum atomic E-state index is 12.5. The van der Waals surface area contributed by atoms with Crippen LogP contribution in [0.4, 0.5) is 4.39 Å². The molecular weight excluding hydrogens is 177 g/mol. The van der Waals surface area contributed by atoms with Gasteiger partial charge in [0.2, 0.25) is 0 Å². The number of halogens is 2. The summed E-state index contributed by atoms with van der Waals surface area (Å²) in [5.41, 5.74) is 6.00. The zero-order chi connectivity index (χ0) is 7.95. The molecule has 2 N–H and O–H groups in total. The Labute approximate surface area is 79.3 Å². The SMILES string of the molecule is Cl.NCC1(CF)CC2(CCC2)C1. The molecule has 0 aromatic rings. The van der Waals surface area contributed by atoms with Crippen LogP contribution in [-0.4, -0.2) is 13.2 Å². The van der Waals surface area contributed by atoms with Gasteiger partial charge < -0.3 is 5.73 Å². The van der Waals surface area contributed by atoms with E-state index >= 15 is 0 Å². The molecule has 0 bridgehead atoms. The summed E-state index contributed by atoms with van der Waals surface area (Å²) >= 11 is 0. The van der Waals surface area contributed by atoms with Gasteiger partial charge in [0.25, 0.3) is 0 Å². The first-order chi connectivity index (χ1) is 5.24. The first-order valence-electron chi connectivity index (χ1n) is 4.50. The van der Waals surface area contributed by atoms with Crippen molar-refractivity contribution >= 4 is 12.4 Å². The molecule has 0 aromatic heterocycles. The average molecular weight is 194 g/mol. The van der Waals surface area contributed by atoms with Crippen molar-refractivity contribution < 1.29 is 4.39 Å². The molecule has 72 valence electrons. The van der Waals surface area contributed by atoms with Crippen LogP contribution in [0.3, 0.4) is 0 Å². The molecule has 0 amide bonds. The summed E-state index contributed by atoms with van der Waals surface area (Å²) in [6, 6.07) is 0. The van der Waals surface area contributed by atoms with Gasteiger partial charge in [0.15, 0.2) is 0 Å². The van der Waals surface area contributed by atoms with Crippen LogP contribution in [-0.2, 0) is 0 Å². The summed E-state index contributed by atoms with van der Waals surface area (Å²) in [5.74, 6) is 0. The first kappa shape index (κ1) is 10.3. The van der Waals surface area contributed by atoms with Crippen molar-refractivity contribution in [2.45, 2.75) is 32.1 Å². The fraction of sp³-hybridized carbons (Fsp3) is 1.00. The first-order valence-corrected chi connectivity index (χ1v) is 4.50. The van der Waals surface area contributed by atoms with Crippen molar-refractivity contribution in [3.63, 3.8) is 0 Å². The van der Waals surface area contributed by atoms with Crippen LogP contribution in [0.2, 0.25) is 0 Å². The highest BCUT2D eigenvalue weighted by Gasteiger charge is 2.56. The van der Waals surface area contributed by atoms with E-state index in [1.165, 1.54) is 19.3 Å². The van der Waals surface area contributed by atoms with E-state index in [0.29, 0.717) is 12.0 Å². The summed E-state index contributed by atoms with van der Waals surface area (Å²) < 4.78 is 12.5. The molecule has 2 rings (SSSR count). The van der Waals surface area contributed by atoms with Gasteiger partial charge in [-0.05, 0) is 31.1 Å². The molecule has 2 fully saturated rings. The van der Waals surface area contributed by atoms with E-state index in [1.54, 1.807) is 0 Å². The van der Waals surface area contributed by atoms with E-state index in [0.717, 1.165) is 12.8 Å². The highest BCUT2D eigenvalue weighted by molar-refractivity contribution is 5.85. The molecule has 0 aliphatic heterocycles. The lowest BCUT2D eigenvalue weighted by atomic mass is 9.45. The van der Waals surface area contributed by atoms with Gasteiger partial charge in [0.05, 0.1) is 6.67 Å². The molecule has 0 atom stereocenters. The zero-order valence-corrected chi connectivity index (χ0v) is 8.13. The lowest BCUT2D eigenvalue weighted by Gasteiger charge is -2.60. The Balaban J connectivity index is 0.000000720. The third-order valence-electron chi connectivity index (χ3n) is 3.63. The highest BCUT2D eigenvalue weighted by atomic mass is 35.5. The van der Waals surface area contributed by atoms with Gasteiger partial charge in [0, 0.05) is 12.0 Å². The van der Waals surface area contributed by atoms with Crippen molar-refractivity contribution in [2.24, 2.45) is 16.6 Å². The van der Waals surface area contributed by atoms with Crippen LogP contribution in [0, 0.1) is 10.8 Å². The minimum atomic E-state index is -0.203. The summed E-state index contributed by atoms with van der Waals surface area (Å²) in [6.45, 7) is 0.344.